The topological polar surface area (TPSA) is 81.4 Å². The summed E-state index contributed by atoms with van der Waals surface area (Å²) in [5.74, 6) is 2.89. The van der Waals surface area contributed by atoms with Gasteiger partial charge in [0, 0.05) is 24.2 Å². The highest BCUT2D eigenvalue weighted by Gasteiger charge is 2.15. The van der Waals surface area contributed by atoms with Crippen LogP contribution in [0.1, 0.15) is 19.8 Å². The molecule has 5 nitrogen and oxygen atoms in total. The lowest BCUT2D eigenvalue weighted by atomic mass is 10.2. The van der Waals surface area contributed by atoms with E-state index in [0.29, 0.717) is 24.3 Å². The molecule has 0 amide bonds. The van der Waals surface area contributed by atoms with E-state index in [1.54, 1.807) is 24.3 Å². The highest BCUT2D eigenvalue weighted by molar-refractivity contribution is 7.89. The summed E-state index contributed by atoms with van der Waals surface area (Å²) in [6.07, 6.45) is 6.23. The first-order valence-electron chi connectivity index (χ1n) is 6.38. The van der Waals surface area contributed by atoms with Crippen molar-refractivity contribution >= 4 is 15.7 Å². The molecule has 0 bridgehead atoms. The van der Waals surface area contributed by atoms with E-state index in [1.165, 1.54) is 0 Å². The molecule has 0 fully saturated rings. The first-order chi connectivity index (χ1) is 9.46. The summed E-state index contributed by atoms with van der Waals surface area (Å²) in [7, 11) is -3.40. The number of rotatable bonds is 8. The quantitative estimate of drug-likeness (QED) is 0.561. The molecule has 1 aromatic carbocycles. The van der Waals surface area contributed by atoms with Crippen molar-refractivity contribution in [3.63, 3.8) is 0 Å². The van der Waals surface area contributed by atoms with Crippen LogP contribution in [0.3, 0.4) is 0 Å². The maximum Gasteiger partial charge on any atom is 0.215 e. The number of ether oxygens (including phenoxy) is 1. The van der Waals surface area contributed by atoms with Crippen LogP contribution in [0.4, 0.5) is 5.69 Å². The average Bonchev–Trinajstić information content (AvgIpc) is 2.38. The van der Waals surface area contributed by atoms with Crippen LogP contribution in [-0.4, -0.2) is 26.8 Å². The molecule has 6 heteroatoms. The Hall–Kier alpha value is -1.71. The van der Waals surface area contributed by atoms with Gasteiger partial charge < -0.3 is 10.5 Å². The molecule has 0 spiro atoms. The van der Waals surface area contributed by atoms with Crippen LogP contribution in [0.5, 0.6) is 5.75 Å². The van der Waals surface area contributed by atoms with Crippen LogP contribution in [0, 0.1) is 12.3 Å². The van der Waals surface area contributed by atoms with Crippen molar-refractivity contribution in [2.75, 3.05) is 18.1 Å². The second kappa shape index (κ2) is 7.78. The molecule has 0 saturated heterocycles. The fourth-order valence-electron chi connectivity index (χ4n) is 1.60. The molecular weight excluding hydrogens is 276 g/mol. The van der Waals surface area contributed by atoms with Gasteiger partial charge in [-0.25, -0.2) is 13.1 Å². The van der Waals surface area contributed by atoms with Crippen LogP contribution in [0.15, 0.2) is 24.3 Å². The Kier molecular flexibility index (Phi) is 6.36. The Morgan fingerprint density at radius 1 is 1.50 bits per heavy atom. The molecule has 0 saturated carbocycles. The Morgan fingerprint density at radius 2 is 2.25 bits per heavy atom. The van der Waals surface area contributed by atoms with Crippen molar-refractivity contribution in [2.24, 2.45) is 0 Å². The van der Waals surface area contributed by atoms with Gasteiger partial charge in [-0.3, -0.25) is 0 Å². The number of nitrogens with one attached hydrogen (secondary N) is 1. The summed E-state index contributed by atoms with van der Waals surface area (Å²) < 4.78 is 31.6. The van der Waals surface area contributed by atoms with E-state index in [4.69, 9.17) is 16.9 Å². The van der Waals surface area contributed by atoms with E-state index < -0.39 is 10.0 Å². The van der Waals surface area contributed by atoms with Crippen LogP contribution in [0.2, 0.25) is 0 Å². The van der Waals surface area contributed by atoms with Crippen molar-refractivity contribution in [1.29, 1.82) is 0 Å². The number of terminal acetylenes is 1. The second-order valence-corrected chi connectivity index (χ2v) is 6.24. The van der Waals surface area contributed by atoms with Crippen molar-refractivity contribution in [3.05, 3.63) is 24.3 Å². The van der Waals surface area contributed by atoms with Gasteiger partial charge >= 0.3 is 0 Å². The second-order valence-electron chi connectivity index (χ2n) is 4.37. The molecule has 0 aromatic heterocycles. The van der Waals surface area contributed by atoms with E-state index in [-0.39, 0.29) is 18.4 Å². The number of benzene rings is 1. The summed E-state index contributed by atoms with van der Waals surface area (Å²) in [5, 5.41) is 0. The van der Waals surface area contributed by atoms with Crippen molar-refractivity contribution < 1.29 is 13.2 Å². The van der Waals surface area contributed by atoms with Crippen LogP contribution in [-0.2, 0) is 10.0 Å². The molecule has 3 N–H and O–H groups in total. The largest absolute Gasteiger partial charge is 0.492 e. The number of sulfonamides is 1. The smallest absolute Gasteiger partial charge is 0.215 e. The van der Waals surface area contributed by atoms with E-state index in [0.717, 1.165) is 0 Å². The SMILES string of the molecule is C#CCC(CC)NS(=O)(=O)CCOc1cccc(N)c1. The van der Waals surface area contributed by atoms with Gasteiger partial charge in [-0.1, -0.05) is 13.0 Å². The number of anilines is 1. The van der Waals surface area contributed by atoms with Crippen molar-refractivity contribution in [1.82, 2.24) is 4.72 Å². The maximum atomic E-state index is 11.8. The van der Waals surface area contributed by atoms with Gasteiger partial charge in [0.05, 0.1) is 5.75 Å². The maximum absolute atomic E-state index is 11.8. The molecule has 1 aromatic rings. The Balaban J connectivity index is 2.45. The third-order valence-electron chi connectivity index (χ3n) is 2.68. The standard InChI is InChI=1S/C14H20N2O3S/c1-3-6-13(4-2)16-20(17,18)10-9-19-14-8-5-7-12(15)11-14/h1,5,7-8,11,13,16H,4,6,9-10,15H2,2H3. The lowest BCUT2D eigenvalue weighted by molar-refractivity contribution is 0.340. The zero-order valence-corrected chi connectivity index (χ0v) is 12.3. The number of hydrogen-bond acceptors (Lipinski definition) is 4. The first-order valence-corrected chi connectivity index (χ1v) is 8.04. The van der Waals surface area contributed by atoms with Gasteiger partial charge in [0.1, 0.15) is 12.4 Å². The van der Waals surface area contributed by atoms with Gasteiger partial charge in [-0.2, -0.15) is 0 Å². The summed E-state index contributed by atoms with van der Waals surface area (Å²) in [4.78, 5) is 0. The predicted molar refractivity (Wildman–Crippen MR) is 80.8 cm³/mol. The minimum atomic E-state index is -3.40. The van der Waals surface area contributed by atoms with Gasteiger partial charge in [0.2, 0.25) is 10.0 Å². The normalized spacial score (nSPS) is 12.6. The highest BCUT2D eigenvalue weighted by Crippen LogP contribution is 2.14. The molecule has 0 aliphatic carbocycles. The summed E-state index contributed by atoms with van der Waals surface area (Å²) in [6.45, 7) is 1.94. The first kappa shape index (κ1) is 16.3. The molecule has 20 heavy (non-hydrogen) atoms. The molecule has 110 valence electrons. The van der Waals surface area contributed by atoms with Crippen LogP contribution < -0.4 is 15.2 Å². The zero-order chi connectivity index (χ0) is 15.0. The molecule has 0 aliphatic heterocycles. The Labute approximate surface area is 120 Å². The minimum Gasteiger partial charge on any atom is -0.492 e. The van der Waals surface area contributed by atoms with E-state index in [2.05, 4.69) is 10.6 Å². The fraction of sp³-hybridized carbons (Fsp3) is 0.429. The molecular formula is C14H20N2O3S. The average molecular weight is 296 g/mol. The fourth-order valence-corrected chi connectivity index (χ4v) is 2.78. The Bertz CT molecular complexity index is 564. The lowest BCUT2D eigenvalue weighted by Crippen LogP contribution is -2.37. The number of hydrogen-bond donors (Lipinski definition) is 2. The van der Waals surface area contributed by atoms with Crippen molar-refractivity contribution in [2.45, 2.75) is 25.8 Å². The van der Waals surface area contributed by atoms with Gasteiger partial charge in [0.15, 0.2) is 0 Å². The lowest BCUT2D eigenvalue weighted by Gasteiger charge is -2.14. The highest BCUT2D eigenvalue weighted by atomic mass is 32.2. The van der Waals surface area contributed by atoms with E-state index in [1.807, 2.05) is 6.92 Å². The zero-order valence-electron chi connectivity index (χ0n) is 11.5. The molecule has 0 aliphatic rings. The van der Waals surface area contributed by atoms with Crippen molar-refractivity contribution in [3.8, 4) is 18.1 Å². The molecule has 0 heterocycles. The summed E-state index contributed by atoms with van der Waals surface area (Å²) >= 11 is 0. The van der Waals surface area contributed by atoms with Crippen LogP contribution in [0.25, 0.3) is 0 Å². The third kappa shape index (κ3) is 5.95. The summed E-state index contributed by atoms with van der Waals surface area (Å²) in [5.41, 5.74) is 6.18. The number of nitrogen functional groups attached to an aromatic ring is 1. The molecule has 1 rings (SSSR count). The monoisotopic (exact) mass is 296 g/mol. The van der Waals surface area contributed by atoms with E-state index >= 15 is 0 Å². The van der Waals surface area contributed by atoms with Gasteiger partial charge in [-0.15, -0.1) is 12.3 Å². The predicted octanol–water partition coefficient (Wildman–Crippen LogP) is 1.37. The molecule has 1 atom stereocenters. The Morgan fingerprint density at radius 3 is 2.85 bits per heavy atom. The van der Waals surface area contributed by atoms with E-state index in [9.17, 15) is 8.42 Å². The molecule has 0 radical (unpaired) electrons. The van der Waals surface area contributed by atoms with Crippen LogP contribution >= 0.6 is 0 Å². The van der Waals surface area contributed by atoms with Gasteiger partial charge in [0.25, 0.3) is 0 Å². The third-order valence-corrected chi connectivity index (χ3v) is 4.08. The minimum absolute atomic E-state index is 0.0608. The number of nitrogens with two attached hydrogens (primary N) is 1. The summed E-state index contributed by atoms with van der Waals surface area (Å²) in [6, 6.07) is 6.63. The molecule has 1 unspecified atom stereocenters. The van der Waals surface area contributed by atoms with Gasteiger partial charge in [-0.05, 0) is 18.6 Å².